The Hall–Kier alpha value is -1.56. The summed E-state index contributed by atoms with van der Waals surface area (Å²) in [6.45, 7) is 2.17. The molecule has 0 aromatic heterocycles. The zero-order valence-electron chi connectivity index (χ0n) is 10.9. The summed E-state index contributed by atoms with van der Waals surface area (Å²) in [5.74, 6) is -0.840. The molecule has 0 saturated carbocycles. The number of amides is 1. The SMILES string of the molecule is CCOC(=O)C(=O)NCCc1cc(Br)ccc1OC. The maximum atomic E-state index is 11.3. The summed E-state index contributed by atoms with van der Waals surface area (Å²) in [6.07, 6.45) is 0.563. The second kappa shape index (κ2) is 7.78. The normalized spacial score (nSPS) is 9.84. The molecular formula is C13H16BrNO4. The highest BCUT2D eigenvalue weighted by Crippen LogP contribution is 2.23. The summed E-state index contributed by atoms with van der Waals surface area (Å²) in [6, 6.07) is 5.63. The minimum atomic E-state index is -0.858. The van der Waals surface area contributed by atoms with E-state index in [4.69, 9.17) is 4.74 Å². The van der Waals surface area contributed by atoms with E-state index < -0.39 is 11.9 Å². The fraction of sp³-hybridized carbons (Fsp3) is 0.385. The van der Waals surface area contributed by atoms with Gasteiger partial charge in [-0.25, -0.2) is 4.79 Å². The molecule has 0 radical (unpaired) electrons. The van der Waals surface area contributed by atoms with Crippen molar-refractivity contribution in [1.29, 1.82) is 0 Å². The van der Waals surface area contributed by atoms with Crippen molar-refractivity contribution >= 4 is 27.8 Å². The van der Waals surface area contributed by atoms with Gasteiger partial charge in [-0.1, -0.05) is 15.9 Å². The number of hydrogen-bond donors (Lipinski definition) is 1. The van der Waals surface area contributed by atoms with Crippen LogP contribution in [0.15, 0.2) is 22.7 Å². The van der Waals surface area contributed by atoms with Gasteiger partial charge in [-0.15, -0.1) is 0 Å². The first kappa shape index (κ1) is 15.5. The number of methoxy groups -OCH3 is 1. The van der Waals surface area contributed by atoms with Crippen molar-refractivity contribution in [1.82, 2.24) is 5.32 Å². The van der Waals surface area contributed by atoms with E-state index >= 15 is 0 Å². The van der Waals surface area contributed by atoms with Crippen LogP contribution in [0.25, 0.3) is 0 Å². The van der Waals surface area contributed by atoms with Gasteiger partial charge in [0.1, 0.15) is 5.75 Å². The Kier molecular flexibility index (Phi) is 6.35. The summed E-state index contributed by atoms with van der Waals surface area (Å²) in [4.78, 5) is 22.4. The van der Waals surface area contributed by atoms with Crippen LogP contribution >= 0.6 is 15.9 Å². The average molecular weight is 330 g/mol. The maximum absolute atomic E-state index is 11.3. The van der Waals surface area contributed by atoms with Crippen LogP contribution < -0.4 is 10.1 Å². The molecule has 0 heterocycles. The molecule has 1 N–H and O–H groups in total. The number of nitrogens with one attached hydrogen (secondary N) is 1. The highest BCUT2D eigenvalue weighted by Gasteiger charge is 2.13. The molecule has 19 heavy (non-hydrogen) atoms. The molecule has 1 rings (SSSR count). The molecule has 104 valence electrons. The van der Waals surface area contributed by atoms with Gasteiger partial charge < -0.3 is 14.8 Å². The second-order valence-corrected chi connectivity index (χ2v) is 4.60. The Labute approximate surface area is 120 Å². The smallest absolute Gasteiger partial charge is 0.396 e. The molecular weight excluding hydrogens is 314 g/mol. The third-order valence-electron chi connectivity index (χ3n) is 2.38. The summed E-state index contributed by atoms with van der Waals surface area (Å²) < 4.78 is 10.7. The third-order valence-corrected chi connectivity index (χ3v) is 2.88. The van der Waals surface area contributed by atoms with Gasteiger partial charge in [-0.05, 0) is 37.1 Å². The van der Waals surface area contributed by atoms with Gasteiger partial charge in [-0.3, -0.25) is 4.79 Å². The topological polar surface area (TPSA) is 64.6 Å². The number of rotatable bonds is 5. The molecule has 0 aliphatic rings. The lowest BCUT2D eigenvalue weighted by Gasteiger charge is -2.09. The van der Waals surface area contributed by atoms with E-state index in [-0.39, 0.29) is 6.61 Å². The summed E-state index contributed by atoms with van der Waals surface area (Å²) in [5, 5.41) is 2.50. The highest BCUT2D eigenvalue weighted by atomic mass is 79.9. The number of ether oxygens (including phenoxy) is 2. The molecule has 5 nitrogen and oxygen atoms in total. The van der Waals surface area contributed by atoms with Crippen molar-refractivity contribution in [3.8, 4) is 5.75 Å². The van der Waals surface area contributed by atoms with Crippen molar-refractivity contribution in [2.24, 2.45) is 0 Å². The van der Waals surface area contributed by atoms with E-state index in [2.05, 4.69) is 26.0 Å². The number of hydrogen-bond acceptors (Lipinski definition) is 4. The van der Waals surface area contributed by atoms with Crippen LogP contribution in [0, 0.1) is 0 Å². The van der Waals surface area contributed by atoms with Crippen LogP contribution in [0.2, 0.25) is 0 Å². The van der Waals surface area contributed by atoms with Crippen LogP contribution in [0.5, 0.6) is 5.75 Å². The monoisotopic (exact) mass is 329 g/mol. The second-order valence-electron chi connectivity index (χ2n) is 3.68. The standard InChI is InChI=1S/C13H16BrNO4/c1-3-19-13(17)12(16)15-7-6-9-8-10(14)4-5-11(9)18-2/h4-5,8H,3,6-7H2,1-2H3,(H,15,16). The average Bonchev–Trinajstić information content (AvgIpc) is 2.39. The van der Waals surface area contributed by atoms with E-state index in [1.54, 1.807) is 14.0 Å². The Balaban J connectivity index is 2.51. The van der Waals surface area contributed by atoms with Crippen molar-refractivity contribution < 1.29 is 19.1 Å². The van der Waals surface area contributed by atoms with Gasteiger partial charge in [0.2, 0.25) is 0 Å². The first-order valence-electron chi connectivity index (χ1n) is 5.85. The van der Waals surface area contributed by atoms with Crippen LogP contribution in [0.3, 0.4) is 0 Å². The fourth-order valence-electron chi connectivity index (χ4n) is 1.52. The zero-order chi connectivity index (χ0) is 14.3. The summed E-state index contributed by atoms with van der Waals surface area (Å²) in [7, 11) is 1.59. The molecule has 1 aromatic carbocycles. The van der Waals surface area contributed by atoms with E-state index in [0.29, 0.717) is 13.0 Å². The molecule has 0 unspecified atom stereocenters. The number of benzene rings is 1. The molecule has 0 atom stereocenters. The molecule has 0 saturated heterocycles. The lowest BCUT2D eigenvalue weighted by Crippen LogP contribution is -2.33. The van der Waals surface area contributed by atoms with Gasteiger partial charge in [0, 0.05) is 11.0 Å². The van der Waals surface area contributed by atoms with Gasteiger partial charge >= 0.3 is 11.9 Å². The molecule has 0 aliphatic carbocycles. The number of carbonyl (C=O) groups excluding carboxylic acids is 2. The molecule has 1 amide bonds. The van der Waals surface area contributed by atoms with Crippen molar-refractivity contribution in [3.05, 3.63) is 28.2 Å². The Morgan fingerprint density at radius 1 is 1.37 bits per heavy atom. The lowest BCUT2D eigenvalue weighted by atomic mass is 10.1. The van der Waals surface area contributed by atoms with Crippen LogP contribution in [-0.4, -0.2) is 32.1 Å². The molecule has 6 heteroatoms. The predicted octanol–water partition coefficient (Wildman–Crippen LogP) is 1.68. The molecule has 0 fully saturated rings. The quantitative estimate of drug-likeness (QED) is 0.659. The van der Waals surface area contributed by atoms with Crippen LogP contribution in [-0.2, 0) is 20.7 Å². The van der Waals surface area contributed by atoms with Gasteiger partial charge in [0.05, 0.1) is 13.7 Å². The first-order valence-corrected chi connectivity index (χ1v) is 6.65. The fourth-order valence-corrected chi connectivity index (χ4v) is 1.93. The van der Waals surface area contributed by atoms with Crippen molar-refractivity contribution in [2.75, 3.05) is 20.3 Å². The van der Waals surface area contributed by atoms with Crippen molar-refractivity contribution in [2.45, 2.75) is 13.3 Å². The minimum Gasteiger partial charge on any atom is -0.496 e. The largest absolute Gasteiger partial charge is 0.496 e. The van der Waals surface area contributed by atoms with Gasteiger partial charge in [0.25, 0.3) is 0 Å². The first-order chi connectivity index (χ1) is 9.08. The highest BCUT2D eigenvalue weighted by molar-refractivity contribution is 9.10. The summed E-state index contributed by atoms with van der Waals surface area (Å²) in [5.41, 5.74) is 0.945. The number of halogens is 1. The number of esters is 1. The minimum absolute atomic E-state index is 0.186. The van der Waals surface area contributed by atoms with E-state index in [1.807, 2.05) is 18.2 Å². The van der Waals surface area contributed by atoms with Gasteiger partial charge in [0.15, 0.2) is 0 Å². The lowest BCUT2D eigenvalue weighted by molar-refractivity contribution is -0.154. The van der Waals surface area contributed by atoms with Crippen LogP contribution in [0.4, 0.5) is 0 Å². The van der Waals surface area contributed by atoms with E-state index in [9.17, 15) is 9.59 Å². The number of carbonyl (C=O) groups is 2. The van der Waals surface area contributed by atoms with E-state index in [1.165, 1.54) is 0 Å². The Morgan fingerprint density at radius 3 is 2.74 bits per heavy atom. The van der Waals surface area contributed by atoms with Crippen LogP contribution in [0.1, 0.15) is 12.5 Å². The zero-order valence-corrected chi connectivity index (χ0v) is 12.5. The summed E-state index contributed by atoms with van der Waals surface area (Å²) >= 11 is 3.37. The van der Waals surface area contributed by atoms with E-state index in [0.717, 1.165) is 15.8 Å². The molecule has 0 aliphatic heterocycles. The van der Waals surface area contributed by atoms with Crippen molar-refractivity contribution in [3.63, 3.8) is 0 Å². The third kappa shape index (κ3) is 4.90. The van der Waals surface area contributed by atoms with Gasteiger partial charge in [-0.2, -0.15) is 0 Å². The maximum Gasteiger partial charge on any atom is 0.396 e. The Bertz CT molecular complexity index is 462. The molecule has 0 bridgehead atoms. The molecule has 1 aromatic rings. The molecule has 0 spiro atoms. The Morgan fingerprint density at radius 2 is 2.11 bits per heavy atom. The predicted molar refractivity (Wildman–Crippen MR) is 74.0 cm³/mol.